The number of halogens is 1. The van der Waals surface area contributed by atoms with Crippen LogP contribution in [0.4, 0.5) is 5.13 Å². The molecule has 0 aliphatic heterocycles. The standard InChI is InChI=1S/C11H12ClN3OS/c1-6(2)9-5-17-11(14-9)15-10(16)8-3-7(12)4-13-8/h3-6,13H,1-2H3,(H,14,15,16). The maximum Gasteiger partial charge on any atom is 0.273 e. The number of nitrogens with zero attached hydrogens (tertiary/aromatic N) is 1. The third kappa shape index (κ3) is 2.87. The van der Waals surface area contributed by atoms with E-state index in [4.69, 9.17) is 11.6 Å². The first kappa shape index (κ1) is 12.1. The fraction of sp³-hybridized carbons (Fsp3) is 0.273. The Hall–Kier alpha value is -1.33. The summed E-state index contributed by atoms with van der Waals surface area (Å²) in [7, 11) is 0. The molecule has 6 heteroatoms. The number of hydrogen-bond donors (Lipinski definition) is 2. The molecular weight excluding hydrogens is 258 g/mol. The highest BCUT2D eigenvalue weighted by molar-refractivity contribution is 7.14. The van der Waals surface area contributed by atoms with Crippen molar-refractivity contribution in [2.24, 2.45) is 0 Å². The van der Waals surface area contributed by atoms with Crippen LogP contribution in [-0.2, 0) is 0 Å². The summed E-state index contributed by atoms with van der Waals surface area (Å²) in [6, 6.07) is 1.58. The van der Waals surface area contributed by atoms with Crippen LogP contribution in [0.3, 0.4) is 0 Å². The molecule has 4 nitrogen and oxygen atoms in total. The minimum atomic E-state index is -0.235. The number of aromatic nitrogens is 2. The number of carbonyl (C=O) groups is 1. The molecule has 0 aromatic carbocycles. The molecule has 0 aliphatic rings. The molecule has 2 aromatic rings. The molecule has 0 atom stereocenters. The normalized spacial score (nSPS) is 10.8. The Morgan fingerprint density at radius 1 is 1.59 bits per heavy atom. The minimum absolute atomic E-state index is 0.235. The summed E-state index contributed by atoms with van der Waals surface area (Å²) in [5.41, 5.74) is 1.41. The van der Waals surface area contributed by atoms with E-state index in [0.717, 1.165) is 5.69 Å². The van der Waals surface area contributed by atoms with Gasteiger partial charge in [-0.2, -0.15) is 0 Å². The van der Waals surface area contributed by atoms with Gasteiger partial charge in [-0.1, -0.05) is 25.4 Å². The van der Waals surface area contributed by atoms with Crippen LogP contribution in [0, 0.1) is 0 Å². The molecule has 90 valence electrons. The first-order valence-corrected chi connectivity index (χ1v) is 6.42. The summed E-state index contributed by atoms with van der Waals surface area (Å²) in [6.07, 6.45) is 1.57. The second-order valence-corrected chi connectivity index (χ2v) is 5.21. The molecule has 2 N–H and O–H groups in total. The smallest absolute Gasteiger partial charge is 0.273 e. The molecule has 0 radical (unpaired) electrons. The first-order chi connectivity index (χ1) is 8.06. The van der Waals surface area contributed by atoms with Gasteiger partial charge in [0.05, 0.1) is 10.7 Å². The Balaban J connectivity index is 2.07. The Morgan fingerprint density at radius 3 is 2.88 bits per heavy atom. The van der Waals surface area contributed by atoms with Gasteiger partial charge in [0, 0.05) is 11.6 Å². The van der Waals surface area contributed by atoms with Gasteiger partial charge < -0.3 is 4.98 Å². The van der Waals surface area contributed by atoms with Gasteiger partial charge in [0.1, 0.15) is 5.69 Å². The SMILES string of the molecule is CC(C)c1csc(NC(=O)c2cc(Cl)c[nH]2)n1. The number of hydrogen-bond acceptors (Lipinski definition) is 3. The summed E-state index contributed by atoms with van der Waals surface area (Å²) in [5, 5.41) is 5.78. The van der Waals surface area contributed by atoms with Crippen molar-refractivity contribution >= 4 is 34.0 Å². The maximum absolute atomic E-state index is 11.8. The average Bonchev–Trinajstić information content (AvgIpc) is 2.86. The number of carbonyl (C=O) groups excluding carboxylic acids is 1. The van der Waals surface area contributed by atoms with E-state index in [1.54, 1.807) is 12.3 Å². The first-order valence-electron chi connectivity index (χ1n) is 5.17. The highest BCUT2D eigenvalue weighted by Gasteiger charge is 2.11. The van der Waals surface area contributed by atoms with E-state index in [1.807, 2.05) is 5.38 Å². The van der Waals surface area contributed by atoms with Crippen LogP contribution in [0.5, 0.6) is 0 Å². The van der Waals surface area contributed by atoms with Crippen LogP contribution >= 0.6 is 22.9 Å². The van der Waals surface area contributed by atoms with Gasteiger partial charge in [-0.15, -0.1) is 11.3 Å². The van der Waals surface area contributed by atoms with Crippen LogP contribution in [-0.4, -0.2) is 15.9 Å². The molecule has 2 heterocycles. The minimum Gasteiger partial charge on any atom is -0.356 e. The topological polar surface area (TPSA) is 57.8 Å². The second-order valence-electron chi connectivity index (χ2n) is 3.92. The van der Waals surface area contributed by atoms with E-state index in [2.05, 4.69) is 29.1 Å². The van der Waals surface area contributed by atoms with Crippen molar-refractivity contribution in [1.82, 2.24) is 9.97 Å². The van der Waals surface area contributed by atoms with E-state index in [0.29, 0.717) is 21.8 Å². The van der Waals surface area contributed by atoms with Gasteiger partial charge in [0.25, 0.3) is 5.91 Å². The molecule has 0 aliphatic carbocycles. The fourth-order valence-corrected chi connectivity index (χ4v) is 2.30. The van der Waals surface area contributed by atoms with Crippen LogP contribution in [0.1, 0.15) is 35.9 Å². The van der Waals surface area contributed by atoms with Gasteiger partial charge in [0.2, 0.25) is 0 Å². The second kappa shape index (κ2) is 4.89. The van der Waals surface area contributed by atoms with Gasteiger partial charge in [-0.05, 0) is 12.0 Å². The highest BCUT2D eigenvalue weighted by Crippen LogP contribution is 2.22. The number of anilines is 1. The monoisotopic (exact) mass is 269 g/mol. The summed E-state index contributed by atoms with van der Waals surface area (Å²) in [4.78, 5) is 18.9. The molecule has 0 unspecified atom stereocenters. The summed E-state index contributed by atoms with van der Waals surface area (Å²) in [5.74, 6) is 0.124. The Morgan fingerprint density at radius 2 is 2.35 bits per heavy atom. The number of nitrogens with one attached hydrogen (secondary N) is 2. The Bertz CT molecular complexity index is 532. The lowest BCUT2D eigenvalue weighted by Crippen LogP contribution is -2.12. The van der Waals surface area contributed by atoms with Gasteiger partial charge in [-0.25, -0.2) is 4.98 Å². The summed E-state index contributed by atoms with van der Waals surface area (Å²) in [6.45, 7) is 4.12. The molecule has 0 saturated carbocycles. The van der Waals surface area contributed by atoms with Gasteiger partial charge in [-0.3, -0.25) is 10.1 Å². The van der Waals surface area contributed by atoms with Crippen LogP contribution in [0.2, 0.25) is 5.02 Å². The fourth-order valence-electron chi connectivity index (χ4n) is 1.27. The zero-order valence-electron chi connectivity index (χ0n) is 9.45. The van der Waals surface area contributed by atoms with Crippen molar-refractivity contribution in [3.05, 3.63) is 34.1 Å². The van der Waals surface area contributed by atoms with Crippen molar-refractivity contribution < 1.29 is 4.79 Å². The predicted molar refractivity (Wildman–Crippen MR) is 70.0 cm³/mol. The largest absolute Gasteiger partial charge is 0.356 e. The van der Waals surface area contributed by atoms with Crippen LogP contribution in [0.15, 0.2) is 17.6 Å². The van der Waals surface area contributed by atoms with Crippen molar-refractivity contribution in [2.75, 3.05) is 5.32 Å². The molecule has 0 spiro atoms. The van der Waals surface area contributed by atoms with Crippen molar-refractivity contribution in [3.63, 3.8) is 0 Å². The molecule has 2 aromatic heterocycles. The van der Waals surface area contributed by atoms with Crippen molar-refractivity contribution in [2.45, 2.75) is 19.8 Å². The molecule has 0 saturated heterocycles. The number of rotatable bonds is 3. The third-order valence-corrected chi connectivity index (χ3v) is 3.22. The molecule has 0 fully saturated rings. The maximum atomic E-state index is 11.8. The van der Waals surface area contributed by atoms with Crippen molar-refractivity contribution in [1.29, 1.82) is 0 Å². The van der Waals surface area contributed by atoms with Crippen LogP contribution in [0.25, 0.3) is 0 Å². The van der Waals surface area contributed by atoms with E-state index < -0.39 is 0 Å². The molecule has 1 amide bonds. The van der Waals surface area contributed by atoms with Crippen LogP contribution < -0.4 is 5.32 Å². The number of aromatic amines is 1. The van der Waals surface area contributed by atoms with E-state index in [1.165, 1.54) is 11.3 Å². The highest BCUT2D eigenvalue weighted by atomic mass is 35.5. The molecule has 17 heavy (non-hydrogen) atoms. The van der Waals surface area contributed by atoms with Gasteiger partial charge in [0.15, 0.2) is 5.13 Å². The quantitative estimate of drug-likeness (QED) is 0.896. The summed E-state index contributed by atoms with van der Waals surface area (Å²) < 4.78 is 0. The van der Waals surface area contributed by atoms with Crippen molar-refractivity contribution in [3.8, 4) is 0 Å². The zero-order chi connectivity index (χ0) is 12.4. The number of amides is 1. The van der Waals surface area contributed by atoms with E-state index in [-0.39, 0.29) is 5.91 Å². The predicted octanol–water partition coefficient (Wildman–Crippen LogP) is 3.50. The van der Waals surface area contributed by atoms with E-state index in [9.17, 15) is 4.79 Å². The number of thiazole rings is 1. The third-order valence-electron chi connectivity index (χ3n) is 2.23. The lowest BCUT2D eigenvalue weighted by Gasteiger charge is -1.99. The molecule has 2 rings (SSSR count). The van der Waals surface area contributed by atoms with Gasteiger partial charge >= 0.3 is 0 Å². The number of H-pyrrole nitrogens is 1. The average molecular weight is 270 g/mol. The lowest BCUT2D eigenvalue weighted by atomic mass is 10.2. The molecular formula is C11H12ClN3OS. The van der Waals surface area contributed by atoms with E-state index >= 15 is 0 Å². The summed E-state index contributed by atoms with van der Waals surface area (Å²) >= 11 is 7.15. The Kier molecular flexibility index (Phi) is 3.49. The zero-order valence-corrected chi connectivity index (χ0v) is 11.0. The molecule has 0 bridgehead atoms. The Labute approximate surface area is 108 Å². The lowest BCUT2D eigenvalue weighted by molar-refractivity contribution is 0.102.